The van der Waals surface area contributed by atoms with E-state index in [9.17, 15) is 0 Å². The standard InChI is InChI=1S/C14H28N2/c1-12-5-6-14(10-12)15-7-9-16-8-3-4-13(2)11-16/h12-15H,3-11H2,1-2H3. The summed E-state index contributed by atoms with van der Waals surface area (Å²) < 4.78 is 0. The normalized spacial score (nSPS) is 36.8. The summed E-state index contributed by atoms with van der Waals surface area (Å²) in [6.45, 7) is 9.88. The van der Waals surface area contributed by atoms with Gasteiger partial charge in [-0.1, -0.05) is 13.8 Å². The first kappa shape index (κ1) is 12.4. The number of nitrogens with zero attached hydrogens (tertiary/aromatic N) is 1. The fourth-order valence-corrected chi connectivity index (χ4v) is 3.31. The van der Waals surface area contributed by atoms with Crippen LogP contribution in [-0.2, 0) is 0 Å². The maximum atomic E-state index is 3.73. The molecule has 16 heavy (non-hydrogen) atoms. The molecule has 3 atom stereocenters. The first-order valence-corrected chi connectivity index (χ1v) is 7.20. The molecular formula is C14H28N2. The third kappa shape index (κ3) is 3.74. The largest absolute Gasteiger partial charge is 0.313 e. The third-order valence-corrected chi connectivity index (χ3v) is 4.30. The van der Waals surface area contributed by atoms with Gasteiger partial charge in [0.2, 0.25) is 0 Å². The molecule has 2 heteroatoms. The van der Waals surface area contributed by atoms with Crippen molar-refractivity contribution in [3.63, 3.8) is 0 Å². The van der Waals surface area contributed by atoms with Gasteiger partial charge in [-0.2, -0.15) is 0 Å². The van der Waals surface area contributed by atoms with Crippen LogP contribution in [0.5, 0.6) is 0 Å². The van der Waals surface area contributed by atoms with Gasteiger partial charge in [0.15, 0.2) is 0 Å². The average Bonchev–Trinajstić information content (AvgIpc) is 2.64. The monoisotopic (exact) mass is 224 g/mol. The van der Waals surface area contributed by atoms with Crippen LogP contribution in [0, 0.1) is 11.8 Å². The molecule has 0 amide bonds. The Labute approximate surface area is 101 Å². The molecule has 2 aliphatic rings. The average molecular weight is 224 g/mol. The summed E-state index contributed by atoms with van der Waals surface area (Å²) in [5.74, 6) is 1.87. The molecule has 1 aliphatic carbocycles. The van der Waals surface area contributed by atoms with E-state index in [-0.39, 0.29) is 0 Å². The zero-order chi connectivity index (χ0) is 11.4. The van der Waals surface area contributed by atoms with E-state index in [4.69, 9.17) is 0 Å². The topological polar surface area (TPSA) is 15.3 Å². The van der Waals surface area contributed by atoms with Crippen molar-refractivity contribution < 1.29 is 0 Å². The van der Waals surface area contributed by atoms with Gasteiger partial charge < -0.3 is 10.2 Å². The summed E-state index contributed by atoms with van der Waals surface area (Å²) in [6.07, 6.45) is 7.07. The number of rotatable bonds is 4. The van der Waals surface area contributed by atoms with Gasteiger partial charge in [-0.05, 0) is 50.5 Å². The Bertz CT molecular complexity index is 205. The number of piperidine rings is 1. The molecule has 2 fully saturated rings. The molecule has 1 saturated carbocycles. The summed E-state index contributed by atoms with van der Waals surface area (Å²) in [5, 5.41) is 3.73. The fraction of sp³-hybridized carbons (Fsp3) is 1.00. The Morgan fingerprint density at radius 1 is 1.12 bits per heavy atom. The second kappa shape index (κ2) is 6.02. The first-order valence-electron chi connectivity index (χ1n) is 7.20. The molecule has 0 radical (unpaired) electrons. The van der Waals surface area contributed by atoms with E-state index in [1.807, 2.05) is 0 Å². The van der Waals surface area contributed by atoms with Gasteiger partial charge in [0.25, 0.3) is 0 Å². The molecule has 0 aromatic carbocycles. The molecule has 1 aliphatic heterocycles. The smallest absolute Gasteiger partial charge is 0.0107 e. The van der Waals surface area contributed by atoms with Crippen LogP contribution in [0.3, 0.4) is 0 Å². The van der Waals surface area contributed by atoms with Gasteiger partial charge in [0, 0.05) is 25.7 Å². The van der Waals surface area contributed by atoms with Crippen LogP contribution in [0.2, 0.25) is 0 Å². The van der Waals surface area contributed by atoms with E-state index in [0.29, 0.717) is 0 Å². The number of hydrogen-bond acceptors (Lipinski definition) is 2. The highest BCUT2D eigenvalue weighted by atomic mass is 15.1. The molecule has 1 N–H and O–H groups in total. The highest BCUT2D eigenvalue weighted by Crippen LogP contribution is 2.24. The molecule has 1 heterocycles. The van der Waals surface area contributed by atoms with Crippen LogP contribution in [0.15, 0.2) is 0 Å². The molecule has 0 aromatic rings. The Kier molecular flexibility index (Phi) is 4.66. The maximum Gasteiger partial charge on any atom is 0.0107 e. The van der Waals surface area contributed by atoms with Crippen LogP contribution >= 0.6 is 0 Å². The Balaban J connectivity index is 1.57. The Morgan fingerprint density at radius 3 is 2.69 bits per heavy atom. The fourth-order valence-electron chi connectivity index (χ4n) is 3.31. The van der Waals surface area contributed by atoms with Crippen LogP contribution in [0.25, 0.3) is 0 Å². The predicted molar refractivity (Wildman–Crippen MR) is 69.6 cm³/mol. The highest BCUT2D eigenvalue weighted by molar-refractivity contribution is 4.79. The molecule has 2 rings (SSSR count). The molecule has 0 spiro atoms. The van der Waals surface area contributed by atoms with Crippen molar-refractivity contribution in [2.75, 3.05) is 26.2 Å². The van der Waals surface area contributed by atoms with Crippen molar-refractivity contribution in [1.82, 2.24) is 10.2 Å². The van der Waals surface area contributed by atoms with Gasteiger partial charge in [-0.25, -0.2) is 0 Å². The third-order valence-electron chi connectivity index (χ3n) is 4.30. The highest BCUT2D eigenvalue weighted by Gasteiger charge is 2.21. The van der Waals surface area contributed by atoms with Crippen LogP contribution in [0.4, 0.5) is 0 Å². The SMILES string of the molecule is CC1CCC(NCCN2CCCC(C)C2)C1. The minimum atomic E-state index is 0.817. The number of likely N-dealkylation sites (tertiary alicyclic amines) is 1. The van der Waals surface area contributed by atoms with Crippen molar-refractivity contribution >= 4 is 0 Å². The zero-order valence-electron chi connectivity index (χ0n) is 11.0. The second-order valence-corrected chi connectivity index (χ2v) is 6.12. The lowest BCUT2D eigenvalue weighted by molar-refractivity contribution is 0.183. The number of nitrogens with one attached hydrogen (secondary N) is 1. The molecule has 0 bridgehead atoms. The van der Waals surface area contributed by atoms with Gasteiger partial charge in [0.1, 0.15) is 0 Å². The lowest BCUT2D eigenvalue weighted by Crippen LogP contribution is -2.40. The molecular weight excluding hydrogens is 196 g/mol. The summed E-state index contributed by atoms with van der Waals surface area (Å²) in [7, 11) is 0. The lowest BCUT2D eigenvalue weighted by Gasteiger charge is -2.31. The molecule has 94 valence electrons. The van der Waals surface area contributed by atoms with E-state index in [1.165, 1.54) is 58.3 Å². The summed E-state index contributed by atoms with van der Waals surface area (Å²) in [4.78, 5) is 2.64. The van der Waals surface area contributed by atoms with E-state index in [0.717, 1.165) is 17.9 Å². The Morgan fingerprint density at radius 2 is 2.00 bits per heavy atom. The Hall–Kier alpha value is -0.0800. The molecule has 3 unspecified atom stereocenters. The van der Waals surface area contributed by atoms with Crippen LogP contribution in [-0.4, -0.2) is 37.1 Å². The van der Waals surface area contributed by atoms with Gasteiger partial charge in [0.05, 0.1) is 0 Å². The molecule has 2 nitrogen and oxygen atoms in total. The minimum Gasteiger partial charge on any atom is -0.313 e. The van der Waals surface area contributed by atoms with Gasteiger partial charge in [-0.15, -0.1) is 0 Å². The van der Waals surface area contributed by atoms with E-state index < -0.39 is 0 Å². The van der Waals surface area contributed by atoms with Crippen LogP contribution < -0.4 is 5.32 Å². The lowest BCUT2D eigenvalue weighted by atomic mass is 10.0. The maximum absolute atomic E-state index is 3.73. The predicted octanol–water partition coefficient (Wildman–Crippen LogP) is 2.50. The summed E-state index contributed by atoms with van der Waals surface area (Å²) >= 11 is 0. The molecule has 1 saturated heterocycles. The zero-order valence-corrected chi connectivity index (χ0v) is 11.0. The molecule has 0 aromatic heterocycles. The van der Waals surface area contributed by atoms with Crippen LogP contribution in [0.1, 0.15) is 46.0 Å². The van der Waals surface area contributed by atoms with Crippen molar-refractivity contribution in [2.45, 2.75) is 52.0 Å². The number of hydrogen-bond donors (Lipinski definition) is 1. The van der Waals surface area contributed by atoms with E-state index in [2.05, 4.69) is 24.1 Å². The summed E-state index contributed by atoms with van der Waals surface area (Å²) in [6, 6.07) is 0.817. The van der Waals surface area contributed by atoms with E-state index >= 15 is 0 Å². The van der Waals surface area contributed by atoms with E-state index in [1.54, 1.807) is 0 Å². The van der Waals surface area contributed by atoms with Crippen molar-refractivity contribution in [3.05, 3.63) is 0 Å². The van der Waals surface area contributed by atoms with Crippen molar-refractivity contribution in [3.8, 4) is 0 Å². The summed E-state index contributed by atoms with van der Waals surface area (Å²) in [5.41, 5.74) is 0. The van der Waals surface area contributed by atoms with Gasteiger partial charge >= 0.3 is 0 Å². The minimum absolute atomic E-state index is 0.817. The second-order valence-electron chi connectivity index (χ2n) is 6.12. The quantitative estimate of drug-likeness (QED) is 0.789. The first-order chi connectivity index (χ1) is 7.74. The van der Waals surface area contributed by atoms with Crippen molar-refractivity contribution in [2.24, 2.45) is 11.8 Å². The van der Waals surface area contributed by atoms with Gasteiger partial charge in [-0.3, -0.25) is 0 Å². The van der Waals surface area contributed by atoms with Crippen molar-refractivity contribution in [1.29, 1.82) is 0 Å².